The molecule has 0 saturated carbocycles. The van der Waals surface area contributed by atoms with E-state index in [4.69, 9.17) is 9.47 Å². The monoisotopic (exact) mass is 421 g/mol. The number of aromatic nitrogens is 3. The Hall–Kier alpha value is -2.27. The van der Waals surface area contributed by atoms with Crippen LogP contribution in [0.1, 0.15) is 49.4 Å². The minimum atomic E-state index is -1.77. The molecule has 4 N–H and O–H groups in total. The molecule has 1 fully saturated rings. The molecule has 0 amide bonds. The van der Waals surface area contributed by atoms with E-state index in [1.54, 1.807) is 11.7 Å². The Labute approximate surface area is 173 Å². The predicted molar refractivity (Wildman–Crippen MR) is 104 cm³/mol. The Morgan fingerprint density at radius 1 is 1.13 bits per heavy atom. The van der Waals surface area contributed by atoms with Crippen molar-refractivity contribution >= 4 is 17.0 Å². The molecule has 4 rings (SSSR count). The highest BCUT2D eigenvalue weighted by atomic mass is 16.7. The smallest absolute Gasteiger partial charge is 0.335 e. The summed E-state index contributed by atoms with van der Waals surface area (Å²) in [5, 5.41) is 45.2. The van der Waals surface area contributed by atoms with Crippen LogP contribution in [0.3, 0.4) is 0 Å². The third kappa shape index (κ3) is 3.33. The molecule has 2 aliphatic rings. The lowest BCUT2D eigenvalue weighted by molar-refractivity contribution is -0.271. The van der Waals surface area contributed by atoms with Crippen molar-refractivity contribution in [3.05, 3.63) is 16.8 Å². The molecule has 30 heavy (non-hydrogen) atoms. The summed E-state index contributed by atoms with van der Waals surface area (Å²) in [5.41, 5.74) is 3.57. The first kappa shape index (κ1) is 21.0. The molecule has 0 bridgehead atoms. The van der Waals surface area contributed by atoms with Gasteiger partial charge in [-0.05, 0) is 37.2 Å². The van der Waals surface area contributed by atoms with Gasteiger partial charge in [0.2, 0.25) is 12.2 Å². The first-order valence-corrected chi connectivity index (χ1v) is 10.2. The standard InChI is InChI=1S/C20H27N3O7/c1-8(2)12-11-9-6-4-5-7-10(9)18(21-17(11)23(3)22-12)30-20-15(26)13(24)14(25)16(29-20)19(27)28/h8,13-16,20,24-26H,4-7H2,1-3H3,(H,27,28)/t13-,14-,15+,16-,20-/m0/s1. The van der Waals surface area contributed by atoms with E-state index in [0.29, 0.717) is 5.65 Å². The van der Waals surface area contributed by atoms with E-state index >= 15 is 0 Å². The van der Waals surface area contributed by atoms with Crippen LogP contribution in [0.2, 0.25) is 0 Å². The summed E-state index contributed by atoms with van der Waals surface area (Å²) in [6.07, 6.45) is -4.82. The van der Waals surface area contributed by atoms with Gasteiger partial charge in [0.05, 0.1) is 5.69 Å². The number of ether oxygens (including phenoxy) is 2. The minimum Gasteiger partial charge on any atom is -0.479 e. The number of hydrogen-bond acceptors (Lipinski definition) is 8. The van der Waals surface area contributed by atoms with Gasteiger partial charge in [-0.1, -0.05) is 13.8 Å². The maximum Gasteiger partial charge on any atom is 0.335 e. The Morgan fingerprint density at radius 3 is 2.43 bits per heavy atom. The number of fused-ring (bicyclic) bond motifs is 3. The van der Waals surface area contributed by atoms with Crippen molar-refractivity contribution in [2.75, 3.05) is 0 Å². The normalized spacial score (nSPS) is 29.2. The largest absolute Gasteiger partial charge is 0.479 e. The number of nitrogens with zero attached hydrogens (tertiary/aromatic N) is 3. The van der Waals surface area contributed by atoms with E-state index < -0.39 is 36.7 Å². The van der Waals surface area contributed by atoms with Crippen LogP contribution >= 0.6 is 0 Å². The van der Waals surface area contributed by atoms with Gasteiger partial charge in [-0.15, -0.1) is 0 Å². The number of aliphatic hydroxyl groups is 3. The quantitative estimate of drug-likeness (QED) is 0.545. The zero-order valence-electron chi connectivity index (χ0n) is 17.1. The Morgan fingerprint density at radius 2 is 1.80 bits per heavy atom. The summed E-state index contributed by atoms with van der Waals surface area (Å²) in [6, 6.07) is 0. The van der Waals surface area contributed by atoms with Crippen molar-refractivity contribution in [2.24, 2.45) is 7.05 Å². The average Bonchev–Trinajstić information content (AvgIpc) is 3.05. The number of carboxylic acid groups (broad SMARTS) is 1. The van der Waals surface area contributed by atoms with E-state index in [0.717, 1.165) is 47.9 Å². The van der Waals surface area contributed by atoms with Crippen LogP contribution in [-0.4, -0.2) is 71.9 Å². The number of aliphatic carboxylic acids is 1. The van der Waals surface area contributed by atoms with E-state index in [1.165, 1.54) is 0 Å². The first-order valence-electron chi connectivity index (χ1n) is 10.2. The molecule has 2 aromatic heterocycles. The first-order chi connectivity index (χ1) is 14.2. The molecule has 5 atom stereocenters. The number of hydrogen-bond donors (Lipinski definition) is 4. The molecule has 1 saturated heterocycles. The van der Waals surface area contributed by atoms with Gasteiger partial charge in [0.25, 0.3) is 0 Å². The highest BCUT2D eigenvalue weighted by molar-refractivity contribution is 5.85. The van der Waals surface area contributed by atoms with E-state index in [2.05, 4.69) is 23.9 Å². The highest BCUT2D eigenvalue weighted by Gasteiger charge is 2.48. The molecular weight excluding hydrogens is 394 g/mol. The van der Waals surface area contributed by atoms with Gasteiger partial charge in [0.15, 0.2) is 11.8 Å². The zero-order valence-corrected chi connectivity index (χ0v) is 17.1. The van der Waals surface area contributed by atoms with Gasteiger partial charge in [0, 0.05) is 18.0 Å². The lowest BCUT2D eigenvalue weighted by atomic mass is 9.89. The predicted octanol–water partition coefficient (Wildman–Crippen LogP) is 0.242. The minimum absolute atomic E-state index is 0.213. The summed E-state index contributed by atoms with van der Waals surface area (Å²) in [4.78, 5) is 16.0. The van der Waals surface area contributed by atoms with Crippen molar-refractivity contribution in [2.45, 2.75) is 76.2 Å². The molecule has 10 heteroatoms. The SMILES string of the molecule is CC(C)c1nn(C)c2nc(O[C@@H]3O[C@H](C(=O)O)[C@@H](O)[C@H](O)[C@H]3O)c3c(c12)CCCC3. The van der Waals surface area contributed by atoms with Crippen molar-refractivity contribution in [3.63, 3.8) is 0 Å². The molecular formula is C20H27N3O7. The Bertz CT molecular complexity index is 973. The third-order valence-electron chi connectivity index (χ3n) is 5.87. The van der Waals surface area contributed by atoms with E-state index in [-0.39, 0.29) is 11.8 Å². The molecule has 10 nitrogen and oxygen atoms in total. The second-order valence-electron chi connectivity index (χ2n) is 8.30. The second-order valence-corrected chi connectivity index (χ2v) is 8.30. The van der Waals surface area contributed by atoms with Gasteiger partial charge in [-0.2, -0.15) is 10.1 Å². The van der Waals surface area contributed by atoms with Gasteiger partial charge in [0.1, 0.15) is 18.3 Å². The number of aliphatic hydroxyl groups excluding tert-OH is 3. The van der Waals surface area contributed by atoms with Crippen LogP contribution in [0.5, 0.6) is 5.88 Å². The number of aryl methyl sites for hydroxylation is 2. The second kappa shape index (κ2) is 7.77. The fraction of sp³-hybridized carbons (Fsp3) is 0.650. The molecule has 0 unspecified atom stereocenters. The molecule has 1 aliphatic carbocycles. The maximum absolute atomic E-state index is 11.4. The zero-order chi connectivity index (χ0) is 21.7. The molecule has 0 radical (unpaired) electrons. The van der Waals surface area contributed by atoms with Gasteiger partial charge < -0.3 is 29.9 Å². The van der Waals surface area contributed by atoms with Crippen LogP contribution in [0.4, 0.5) is 0 Å². The van der Waals surface area contributed by atoms with Crippen LogP contribution in [0.25, 0.3) is 11.0 Å². The van der Waals surface area contributed by atoms with Gasteiger partial charge in [-0.25, -0.2) is 4.79 Å². The third-order valence-corrected chi connectivity index (χ3v) is 5.87. The summed E-state index contributed by atoms with van der Waals surface area (Å²) in [7, 11) is 1.80. The fourth-order valence-corrected chi connectivity index (χ4v) is 4.30. The average molecular weight is 421 g/mol. The van der Waals surface area contributed by atoms with Crippen LogP contribution in [-0.2, 0) is 29.4 Å². The summed E-state index contributed by atoms with van der Waals surface area (Å²) in [6.45, 7) is 4.15. The lowest BCUT2D eigenvalue weighted by Gasteiger charge is -2.38. The number of rotatable bonds is 4. The summed E-state index contributed by atoms with van der Waals surface area (Å²) < 4.78 is 12.8. The molecule has 3 heterocycles. The molecule has 2 aromatic rings. The maximum atomic E-state index is 11.4. The van der Waals surface area contributed by atoms with Gasteiger partial charge >= 0.3 is 5.97 Å². The number of carboxylic acids is 1. The van der Waals surface area contributed by atoms with Crippen LogP contribution < -0.4 is 4.74 Å². The highest BCUT2D eigenvalue weighted by Crippen LogP contribution is 2.38. The lowest BCUT2D eigenvalue weighted by Crippen LogP contribution is -2.61. The number of carbonyl (C=O) groups is 1. The van der Waals surface area contributed by atoms with Crippen molar-refractivity contribution in [1.29, 1.82) is 0 Å². The van der Waals surface area contributed by atoms with Crippen LogP contribution in [0.15, 0.2) is 0 Å². The topological polar surface area (TPSA) is 147 Å². The van der Waals surface area contributed by atoms with Crippen molar-refractivity contribution in [1.82, 2.24) is 14.8 Å². The van der Waals surface area contributed by atoms with E-state index in [1.807, 2.05) is 0 Å². The Kier molecular flexibility index (Phi) is 5.43. The summed E-state index contributed by atoms with van der Waals surface area (Å²) in [5.74, 6) is -1.02. The molecule has 0 aromatic carbocycles. The van der Waals surface area contributed by atoms with Crippen molar-refractivity contribution in [3.8, 4) is 5.88 Å². The molecule has 1 aliphatic heterocycles. The Balaban J connectivity index is 1.78. The van der Waals surface area contributed by atoms with Crippen LogP contribution in [0, 0.1) is 0 Å². The summed E-state index contributed by atoms with van der Waals surface area (Å²) >= 11 is 0. The van der Waals surface area contributed by atoms with Gasteiger partial charge in [-0.3, -0.25) is 4.68 Å². The molecule has 0 spiro atoms. The molecule has 164 valence electrons. The van der Waals surface area contributed by atoms with Crippen molar-refractivity contribution < 1.29 is 34.7 Å². The van der Waals surface area contributed by atoms with E-state index in [9.17, 15) is 25.2 Å². The number of pyridine rings is 1. The fourth-order valence-electron chi connectivity index (χ4n) is 4.30.